The predicted octanol–water partition coefficient (Wildman–Crippen LogP) is 2.68. The van der Waals surface area contributed by atoms with E-state index in [2.05, 4.69) is 5.43 Å². The zero-order valence-electron chi connectivity index (χ0n) is 23.4. The maximum atomic E-state index is 13.5. The Morgan fingerprint density at radius 2 is 2.00 bits per heavy atom. The smallest absolute Gasteiger partial charge is 0.426 e. The van der Waals surface area contributed by atoms with E-state index in [1.54, 1.807) is 39.2 Å². The molecule has 12 nitrogen and oxygen atoms in total. The van der Waals surface area contributed by atoms with Gasteiger partial charge in [-0.3, -0.25) is 18.7 Å². The number of fused-ring (bicyclic) bond motifs is 1. The van der Waals surface area contributed by atoms with Crippen LogP contribution >= 0.6 is 11.3 Å². The van der Waals surface area contributed by atoms with E-state index in [0.29, 0.717) is 40.4 Å². The lowest BCUT2D eigenvalue weighted by atomic mass is 10.2. The number of carbonyl (C=O) groups is 2. The number of rotatable bonds is 10. The summed E-state index contributed by atoms with van der Waals surface area (Å²) in [5.41, 5.74) is 1.47. The van der Waals surface area contributed by atoms with E-state index in [9.17, 15) is 19.2 Å². The van der Waals surface area contributed by atoms with E-state index < -0.39 is 28.9 Å². The van der Waals surface area contributed by atoms with Gasteiger partial charge in [0, 0.05) is 24.7 Å². The zero-order chi connectivity index (χ0) is 28.7. The van der Waals surface area contributed by atoms with E-state index >= 15 is 0 Å². The van der Waals surface area contributed by atoms with Gasteiger partial charge in [-0.25, -0.2) is 20.0 Å². The van der Waals surface area contributed by atoms with Gasteiger partial charge in [0.25, 0.3) is 11.5 Å². The van der Waals surface area contributed by atoms with Crippen molar-refractivity contribution in [1.29, 1.82) is 0 Å². The Kier molecular flexibility index (Phi) is 10.3. The number of methoxy groups -OCH3 is 1. The standard InChI is InChI=1S/C26H38N4O8S/c1-7-36-13-10-20(31)30(27-24(33)38-26(3,4)5)16-19-17(2)21-22(32)28(11-14-35-6)25(34)29(23(21)39-19)15-18-9-8-12-37-18/h10,13,18H,7-9,11-12,14-16H2,1-6H3,(H,27,33). The molecule has 1 N–H and O–H groups in total. The summed E-state index contributed by atoms with van der Waals surface area (Å²) in [6.45, 7) is 10.2. The largest absolute Gasteiger partial charge is 0.501 e. The molecule has 0 saturated carbocycles. The van der Waals surface area contributed by atoms with Gasteiger partial charge >= 0.3 is 11.8 Å². The molecule has 1 aliphatic heterocycles. The van der Waals surface area contributed by atoms with Crippen molar-refractivity contribution < 1.29 is 28.5 Å². The fourth-order valence-electron chi connectivity index (χ4n) is 4.14. The Morgan fingerprint density at radius 1 is 1.26 bits per heavy atom. The summed E-state index contributed by atoms with van der Waals surface area (Å²) in [4.78, 5) is 53.6. The van der Waals surface area contributed by atoms with Crippen molar-refractivity contribution in [3.8, 4) is 0 Å². The van der Waals surface area contributed by atoms with Crippen molar-refractivity contribution in [2.75, 3.05) is 26.9 Å². The van der Waals surface area contributed by atoms with E-state index in [1.807, 2.05) is 0 Å². The van der Waals surface area contributed by atoms with Gasteiger partial charge in [-0.15, -0.1) is 11.3 Å². The third kappa shape index (κ3) is 7.70. The summed E-state index contributed by atoms with van der Waals surface area (Å²) < 4.78 is 24.1. The molecular formula is C26H38N4O8S. The minimum absolute atomic E-state index is 0.0641. The maximum absolute atomic E-state index is 13.5. The highest BCUT2D eigenvalue weighted by Crippen LogP contribution is 2.30. The summed E-state index contributed by atoms with van der Waals surface area (Å²) in [5.74, 6) is -0.555. The first-order chi connectivity index (χ1) is 18.5. The van der Waals surface area contributed by atoms with Gasteiger partial charge < -0.3 is 18.9 Å². The molecule has 1 atom stereocenters. The first kappa shape index (κ1) is 30.4. The normalized spacial score (nSPS) is 15.7. The molecule has 39 heavy (non-hydrogen) atoms. The predicted molar refractivity (Wildman–Crippen MR) is 147 cm³/mol. The highest BCUT2D eigenvalue weighted by atomic mass is 32.1. The van der Waals surface area contributed by atoms with Crippen LogP contribution in [0.15, 0.2) is 21.9 Å². The Labute approximate surface area is 231 Å². The summed E-state index contributed by atoms with van der Waals surface area (Å²) >= 11 is 1.23. The van der Waals surface area contributed by atoms with Crippen molar-refractivity contribution in [2.24, 2.45) is 0 Å². The van der Waals surface area contributed by atoms with Gasteiger partial charge in [-0.2, -0.15) is 0 Å². The van der Waals surface area contributed by atoms with Crippen LogP contribution in [0.1, 0.15) is 51.0 Å². The van der Waals surface area contributed by atoms with Crippen LogP contribution in [-0.4, -0.2) is 64.8 Å². The Hall–Kier alpha value is -3.16. The highest BCUT2D eigenvalue weighted by molar-refractivity contribution is 7.18. The number of hydrazine groups is 1. The number of hydrogen-bond donors (Lipinski definition) is 1. The van der Waals surface area contributed by atoms with Gasteiger partial charge in [-0.05, 0) is 53.0 Å². The number of nitrogens with zero attached hydrogens (tertiary/aromatic N) is 3. The number of ether oxygens (including phenoxy) is 4. The van der Waals surface area contributed by atoms with E-state index in [0.717, 1.165) is 17.9 Å². The number of aromatic nitrogens is 2. The molecule has 0 aromatic carbocycles. The molecule has 3 rings (SSSR count). The lowest BCUT2D eigenvalue weighted by Gasteiger charge is -2.25. The minimum Gasteiger partial charge on any atom is -0.501 e. The molecule has 1 aliphatic rings. The molecule has 2 aromatic rings. The number of hydrogen-bond acceptors (Lipinski definition) is 9. The molecule has 0 aliphatic carbocycles. The molecule has 1 saturated heterocycles. The van der Waals surface area contributed by atoms with E-state index in [-0.39, 0.29) is 25.8 Å². The number of aryl methyl sites for hydroxylation is 1. The quantitative estimate of drug-likeness (QED) is 0.264. The van der Waals surface area contributed by atoms with Gasteiger partial charge in [0.15, 0.2) is 0 Å². The topological polar surface area (TPSA) is 130 Å². The van der Waals surface area contributed by atoms with Crippen molar-refractivity contribution in [1.82, 2.24) is 19.6 Å². The van der Waals surface area contributed by atoms with Crippen LogP contribution < -0.4 is 16.7 Å². The average Bonchev–Trinajstić information content (AvgIpc) is 3.48. The fourth-order valence-corrected chi connectivity index (χ4v) is 5.43. The van der Waals surface area contributed by atoms with Crippen molar-refractivity contribution in [3.05, 3.63) is 43.6 Å². The summed E-state index contributed by atoms with van der Waals surface area (Å²) in [6, 6.07) is 0. The van der Waals surface area contributed by atoms with Crippen LogP contribution in [0.3, 0.4) is 0 Å². The van der Waals surface area contributed by atoms with Crippen LogP contribution in [0.25, 0.3) is 10.2 Å². The second-order valence-electron chi connectivity index (χ2n) is 10.1. The molecule has 13 heteroatoms. The Bertz CT molecular complexity index is 1310. The first-order valence-electron chi connectivity index (χ1n) is 12.9. The third-order valence-corrected chi connectivity index (χ3v) is 7.29. The molecule has 2 aromatic heterocycles. The average molecular weight is 567 g/mol. The monoisotopic (exact) mass is 566 g/mol. The number of nitrogens with one attached hydrogen (secondary N) is 1. The number of thiophene rings is 1. The lowest BCUT2D eigenvalue weighted by Crippen LogP contribution is -2.47. The van der Waals surface area contributed by atoms with Crippen LogP contribution in [-0.2, 0) is 43.4 Å². The SMILES string of the molecule is CCOC=CC(=O)N(Cc1sc2c(c1C)c(=O)n(CCOC)c(=O)n2CC1CCCO1)NC(=O)OC(C)(C)C. The Morgan fingerprint density at radius 3 is 2.62 bits per heavy atom. The van der Waals surface area contributed by atoms with Crippen LogP contribution in [0.4, 0.5) is 4.79 Å². The van der Waals surface area contributed by atoms with Crippen LogP contribution in [0.5, 0.6) is 0 Å². The molecule has 1 unspecified atom stereocenters. The van der Waals surface area contributed by atoms with E-state index in [4.69, 9.17) is 18.9 Å². The maximum Gasteiger partial charge on any atom is 0.426 e. The molecular weight excluding hydrogens is 528 g/mol. The summed E-state index contributed by atoms with van der Waals surface area (Å²) in [7, 11) is 1.51. The lowest BCUT2D eigenvalue weighted by molar-refractivity contribution is -0.129. The molecule has 2 amide bonds. The van der Waals surface area contributed by atoms with Gasteiger partial charge in [0.1, 0.15) is 10.4 Å². The van der Waals surface area contributed by atoms with Crippen LogP contribution in [0, 0.1) is 6.92 Å². The molecule has 1 fully saturated rings. The van der Waals surface area contributed by atoms with Crippen molar-refractivity contribution in [2.45, 2.75) is 78.8 Å². The molecule has 3 heterocycles. The van der Waals surface area contributed by atoms with Gasteiger partial charge in [0.05, 0.1) is 50.6 Å². The van der Waals surface area contributed by atoms with Gasteiger partial charge in [-0.1, -0.05) is 0 Å². The van der Waals surface area contributed by atoms with Gasteiger partial charge in [0.2, 0.25) is 0 Å². The minimum atomic E-state index is -0.809. The summed E-state index contributed by atoms with van der Waals surface area (Å²) in [5, 5.41) is 1.48. The van der Waals surface area contributed by atoms with Crippen molar-refractivity contribution in [3.63, 3.8) is 0 Å². The number of amides is 2. The number of carbonyl (C=O) groups excluding carboxylic acids is 2. The molecule has 216 valence electrons. The fraction of sp³-hybridized carbons (Fsp3) is 0.615. The molecule has 0 bridgehead atoms. The third-order valence-electron chi connectivity index (χ3n) is 5.99. The first-order valence-corrected chi connectivity index (χ1v) is 13.7. The zero-order valence-corrected chi connectivity index (χ0v) is 24.2. The molecule has 0 spiro atoms. The second kappa shape index (κ2) is 13.3. The molecule has 0 radical (unpaired) electrons. The van der Waals surface area contributed by atoms with E-state index in [1.165, 1.54) is 35.4 Å². The van der Waals surface area contributed by atoms with Crippen LogP contribution in [0.2, 0.25) is 0 Å². The van der Waals surface area contributed by atoms with Crippen molar-refractivity contribution >= 4 is 33.6 Å². The Balaban J connectivity index is 2.07. The summed E-state index contributed by atoms with van der Waals surface area (Å²) in [6.07, 6.45) is 3.21. The second-order valence-corrected chi connectivity index (χ2v) is 11.2. The highest BCUT2D eigenvalue weighted by Gasteiger charge is 2.26.